The molecule has 1 aromatic heterocycles. The van der Waals surface area contributed by atoms with E-state index in [1.54, 1.807) is 0 Å². The van der Waals surface area contributed by atoms with Gasteiger partial charge in [-0.05, 0) is 43.8 Å². The van der Waals surface area contributed by atoms with Crippen LogP contribution >= 0.6 is 11.3 Å². The summed E-state index contributed by atoms with van der Waals surface area (Å²) in [6.45, 7) is 4.53. The fourth-order valence-electron chi connectivity index (χ4n) is 2.78. The van der Waals surface area contributed by atoms with E-state index in [1.165, 1.54) is 42.1 Å². The van der Waals surface area contributed by atoms with Gasteiger partial charge in [-0.1, -0.05) is 31.2 Å². The lowest BCUT2D eigenvalue weighted by Gasteiger charge is -2.21. The molecule has 0 aliphatic carbocycles. The zero-order chi connectivity index (χ0) is 13.8. The molecular formula is C17H22N2S. The second-order valence-corrected chi connectivity index (χ2v) is 6.52. The highest BCUT2D eigenvalue weighted by atomic mass is 32.1. The minimum atomic E-state index is 0.817. The molecule has 0 bridgehead atoms. The zero-order valence-corrected chi connectivity index (χ0v) is 12.9. The first-order valence-electron chi connectivity index (χ1n) is 7.59. The number of nitrogens with one attached hydrogen (secondary N) is 1. The molecule has 3 heteroatoms. The molecule has 1 N–H and O–H groups in total. The monoisotopic (exact) mass is 286 g/mol. The average Bonchev–Trinajstić information content (AvgIpc) is 2.97. The van der Waals surface area contributed by atoms with E-state index in [0.29, 0.717) is 0 Å². The summed E-state index contributed by atoms with van der Waals surface area (Å²) < 4.78 is 0. The van der Waals surface area contributed by atoms with Gasteiger partial charge in [-0.15, -0.1) is 11.3 Å². The zero-order valence-electron chi connectivity index (χ0n) is 12.1. The van der Waals surface area contributed by atoms with Crippen LogP contribution in [0.5, 0.6) is 0 Å². The summed E-state index contributed by atoms with van der Waals surface area (Å²) in [5.41, 5.74) is 3.77. The van der Waals surface area contributed by atoms with Gasteiger partial charge < -0.3 is 5.32 Å². The van der Waals surface area contributed by atoms with E-state index >= 15 is 0 Å². The molecule has 2 aromatic rings. The molecule has 2 nitrogen and oxygen atoms in total. The van der Waals surface area contributed by atoms with Crippen molar-refractivity contribution in [2.75, 3.05) is 13.1 Å². The van der Waals surface area contributed by atoms with Crippen LogP contribution in [0.3, 0.4) is 0 Å². The number of aryl methyl sites for hydroxylation is 1. The number of hydrogen-bond acceptors (Lipinski definition) is 3. The predicted molar refractivity (Wildman–Crippen MR) is 86.2 cm³/mol. The number of aromatic nitrogens is 1. The summed E-state index contributed by atoms with van der Waals surface area (Å²) in [5.74, 6) is 0.817. The van der Waals surface area contributed by atoms with Crippen molar-refractivity contribution < 1.29 is 0 Å². The highest BCUT2D eigenvalue weighted by molar-refractivity contribution is 7.09. The van der Waals surface area contributed by atoms with Crippen molar-refractivity contribution in [3.05, 3.63) is 40.2 Å². The normalized spacial score (nSPS) is 16.4. The molecule has 106 valence electrons. The van der Waals surface area contributed by atoms with E-state index in [9.17, 15) is 0 Å². The van der Waals surface area contributed by atoms with Gasteiger partial charge in [0.25, 0.3) is 0 Å². The molecule has 1 aromatic carbocycles. The molecule has 1 fully saturated rings. The molecule has 0 spiro atoms. The molecule has 3 rings (SSSR count). The van der Waals surface area contributed by atoms with Gasteiger partial charge in [0.1, 0.15) is 0 Å². The first-order valence-corrected chi connectivity index (χ1v) is 8.47. The Bertz CT molecular complexity index is 538. The van der Waals surface area contributed by atoms with E-state index in [4.69, 9.17) is 4.98 Å². The van der Waals surface area contributed by atoms with Crippen LogP contribution in [0, 0.1) is 5.92 Å². The fraction of sp³-hybridized carbons (Fsp3) is 0.471. The Hall–Kier alpha value is -1.19. The van der Waals surface area contributed by atoms with Gasteiger partial charge in [0.15, 0.2) is 0 Å². The topological polar surface area (TPSA) is 24.9 Å². The summed E-state index contributed by atoms with van der Waals surface area (Å²) in [4.78, 5) is 4.83. The summed E-state index contributed by atoms with van der Waals surface area (Å²) in [6, 6.07) is 8.81. The van der Waals surface area contributed by atoms with Gasteiger partial charge in [-0.3, -0.25) is 0 Å². The SMILES string of the molecule is CCc1ccc(-c2csc(CC3CCNCC3)n2)cc1. The lowest BCUT2D eigenvalue weighted by Crippen LogP contribution is -2.28. The highest BCUT2D eigenvalue weighted by Crippen LogP contribution is 2.26. The predicted octanol–water partition coefficient (Wildman–Crippen LogP) is 3.91. The molecule has 1 aliphatic rings. The smallest absolute Gasteiger partial charge is 0.0935 e. The van der Waals surface area contributed by atoms with Crippen LogP contribution in [0.2, 0.25) is 0 Å². The summed E-state index contributed by atoms with van der Waals surface area (Å²) in [7, 11) is 0. The third-order valence-electron chi connectivity index (χ3n) is 4.13. The number of thiazole rings is 1. The lowest BCUT2D eigenvalue weighted by atomic mass is 9.95. The van der Waals surface area contributed by atoms with Crippen molar-refractivity contribution in [3.63, 3.8) is 0 Å². The van der Waals surface area contributed by atoms with Crippen molar-refractivity contribution in [3.8, 4) is 11.3 Å². The van der Waals surface area contributed by atoms with Crippen LogP contribution < -0.4 is 5.32 Å². The number of piperidine rings is 1. The lowest BCUT2D eigenvalue weighted by molar-refractivity contribution is 0.372. The van der Waals surface area contributed by atoms with Crippen LogP contribution in [0.1, 0.15) is 30.3 Å². The first kappa shape index (κ1) is 13.8. The Morgan fingerprint density at radius 2 is 1.95 bits per heavy atom. The maximum Gasteiger partial charge on any atom is 0.0935 e. The van der Waals surface area contributed by atoms with Crippen molar-refractivity contribution in [1.82, 2.24) is 10.3 Å². The molecule has 0 atom stereocenters. The highest BCUT2D eigenvalue weighted by Gasteiger charge is 2.15. The van der Waals surface area contributed by atoms with Crippen molar-refractivity contribution >= 4 is 11.3 Å². The number of hydrogen-bond donors (Lipinski definition) is 1. The summed E-state index contributed by atoms with van der Waals surface area (Å²) in [6.07, 6.45) is 4.83. The first-order chi connectivity index (χ1) is 9.85. The molecule has 0 radical (unpaired) electrons. The Kier molecular flexibility index (Phi) is 4.48. The number of rotatable bonds is 4. The quantitative estimate of drug-likeness (QED) is 0.921. The van der Waals surface area contributed by atoms with E-state index in [-0.39, 0.29) is 0 Å². The molecule has 20 heavy (non-hydrogen) atoms. The third kappa shape index (κ3) is 3.28. The fourth-order valence-corrected chi connectivity index (χ4v) is 3.70. The Labute approximate surface area is 125 Å². The van der Waals surface area contributed by atoms with Crippen LogP contribution in [0.25, 0.3) is 11.3 Å². The molecule has 2 heterocycles. The summed E-state index contributed by atoms with van der Waals surface area (Å²) >= 11 is 1.82. The number of nitrogens with zero attached hydrogens (tertiary/aromatic N) is 1. The van der Waals surface area contributed by atoms with Crippen LogP contribution in [-0.2, 0) is 12.8 Å². The van der Waals surface area contributed by atoms with Gasteiger partial charge in [0.2, 0.25) is 0 Å². The van der Waals surface area contributed by atoms with Gasteiger partial charge in [0.05, 0.1) is 10.7 Å². The Morgan fingerprint density at radius 3 is 2.65 bits per heavy atom. The van der Waals surface area contributed by atoms with Gasteiger partial charge in [0, 0.05) is 17.4 Å². The molecule has 0 unspecified atom stereocenters. The van der Waals surface area contributed by atoms with Crippen LogP contribution in [0.15, 0.2) is 29.6 Å². The average molecular weight is 286 g/mol. The van der Waals surface area contributed by atoms with E-state index in [0.717, 1.165) is 24.5 Å². The summed E-state index contributed by atoms with van der Waals surface area (Å²) in [5, 5.41) is 6.93. The molecule has 0 amide bonds. The van der Waals surface area contributed by atoms with Crippen LogP contribution in [-0.4, -0.2) is 18.1 Å². The maximum atomic E-state index is 4.83. The Morgan fingerprint density at radius 1 is 1.20 bits per heavy atom. The van der Waals surface area contributed by atoms with Crippen molar-refractivity contribution in [2.24, 2.45) is 5.92 Å². The second-order valence-electron chi connectivity index (χ2n) is 5.57. The second kappa shape index (κ2) is 6.51. The van der Waals surface area contributed by atoms with E-state index in [2.05, 4.69) is 41.9 Å². The van der Waals surface area contributed by atoms with Gasteiger partial charge >= 0.3 is 0 Å². The standard InChI is InChI=1S/C17H22N2S/c1-2-13-3-5-15(6-4-13)16-12-20-17(19-16)11-14-7-9-18-10-8-14/h3-6,12,14,18H,2,7-11H2,1H3. The third-order valence-corrected chi connectivity index (χ3v) is 5.00. The van der Waals surface area contributed by atoms with E-state index < -0.39 is 0 Å². The van der Waals surface area contributed by atoms with Gasteiger partial charge in [-0.2, -0.15) is 0 Å². The largest absolute Gasteiger partial charge is 0.317 e. The van der Waals surface area contributed by atoms with Crippen LogP contribution in [0.4, 0.5) is 0 Å². The molecular weight excluding hydrogens is 264 g/mol. The van der Waals surface area contributed by atoms with Crippen molar-refractivity contribution in [1.29, 1.82) is 0 Å². The van der Waals surface area contributed by atoms with E-state index in [1.807, 2.05) is 11.3 Å². The Balaban J connectivity index is 1.68. The minimum Gasteiger partial charge on any atom is -0.317 e. The maximum absolute atomic E-state index is 4.83. The molecule has 1 saturated heterocycles. The minimum absolute atomic E-state index is 0.817. The molecule has 1 aliphatic heterocycles. The molecule has 0 saturated carbocycles. The van der Waals surface area contributed by atoms with Gasteiger partial charge in [-0.25, -0.2) is 4.98 Å². The number of benzene rings is 1. The van der Waals surface area contributed by atoms with Crippen molar-refractivity contribution in [2.45, 2.75) is 32.6 Å².